The van der Waals surface area contributed by atoms with Crippen molar-refractivity contribution in [2.24, 2.45) is 0 Å². The van der Waals surface area contributed by atoms with Crippen molar-refractivity contribution in [2.45, 2.75) is 19.8 Å². The van der Waals surface area contributed by atoms with Crippen molar-refractivity contribution >= 4 is 22.7 Å². The van der Waals surface area contributed by atoms with Gasteiger partial charge in [0.25, 0.3) is 11.8 Å². The average Bonchev–Trinajstić information content (AvgIpc) is 2.91. The number of pyridine rings is 2. The zero-order chi connectivity index (χ0) is 17.4. The SMILES string of the molecule is CCc1nc2ccccc2c2c1C(=O)N(CCc1ccccn1)C2=O. The standard InChI is InChI=1S/C20H17N3O2/c1-2-15-18-17(14-8-3-4-9-16(14)22-15)19(24)23(20(18)25)12-10-13-7-5-6-11-21-13/h3-9,11H,2,10,12H2,1H3. The maximum absolute atomic E-state index is 13.0. The van der Waals surface area contributed by atoms with Crippen LogP contribution >= 0.6 is 0 Å². The van der Waals surface area contributed by atoms with Crippen molar-refractivity contribution in [1.29, 1.82) is 0 Å². The number of hydrogen-bond donors (Lipinski definition) is 0. The summed E-state index contributed by atoms with van der Waals surface area (Å²) in [7, 11) is 0. The Hall–Kier alpha value is -3.08. The summed E-state index contributed by atoms with van der Waals surface area (Å²) in [6.07, 6.45) is 2.86. The molecule has 0 unspecified atom stereocenters. The number of carbonyl (C=O) groups excluding carboxylic acids is 2. The molecule has 25 heavy (non-hydrogen) atoms. The molecule has 1 aromatic carbocycles. The Kier molecular flexibility index (Phi) is 3.76. The lowest BCUT2D eigenvalue weighted by atomic mass is 10.0. The lowest BCUT2D eigenvalue weighted by molar-refractivity contribution is 0.0656. The van der Waals surface area contributed by atoms with Crippen molar-refractivity contribution in [2.75, 3.05) is 6.54 Å². The topological polar surface area (TPSA) is 63.2 Å². The Bertz CT molecular complexity index is 983. The molecule has 3 aromatic rings. The summed E-state index contributed by atoms with van der Waals surface area (Å²) in [5.74, 6) is -0.477. The van der Waals surface area contributed by atoms with Crippen molar-refractivity contribution in [3.8, 4) is 0 Å². The molecule has 0 aliphatic carbocycles. The summed E-state index contributed by atoms with van der Waals surface area (Å²) in [5, 5.41) is 0.744. The highest BCUT2D eigenvalue weighted by Gasteiger charge is 2.39. The fraction of sp³-hybridized carbons (Fsp3) is 0.200. The summed E-state index contributed by atoms with van der Waals surface area (Å²) in [4.78, 5) is 36.0. The van der Waals surface area contributed by atoms with Gasteiger partial charge in [-0.2, -0.15) is 0 Å². The van der Waals surface area contributed by atoms with Crippen LogP contribution in [0.4, 0.5) is 0 Å². The minimum atomic E-state index is -0.244. The molecule has 4 rings (SSSR count). The fourth-order valence-corrected chi connectivity index (χ4v) is 3.31. The van der Waals surface area contributed by atoms with E-state index in [1.165, 1.54) is 4.90 Å². The van der Waals surface area contributed by atoms with Crippen LogP contribution in [-0.2, 0) is 12.8 Å². The Labute approximate surface area is 145 Å². The fourth-order valence-electron chi connectivity index (χ4n) is 3.31. The van der Waals surface area contributed by atoms with Gasteiger partial charge in [-0.15, -0.1) is 0 Å². The molecule has 0 bridgehead atoms. The number of nitrogens with zero attached hydrogens (tertiary/aromatic N) is 3. The van der Waals surface area contributed by atoms with Gasteiger partial charge in [0.2, 0.25) is 0 Å². The van der Waals surface area contributed by atoms with E-state index in [0.29, 0.717) is 36.2 Å². The lowest BCUT2D eigenvalue weighted by Gasteiger charge is -2.13. The van der Waals surface area contributed by atoms with Gasteiger partial charge in [-0.05, 0) is 24.6 Å². The summed E-state index contributed by atoms with van der Waals surface area (Å²) >= 11 is 0. The molecule has 2 aromatic heterocycles. The molecule has 5 heteroatoms. The number of imide groups is 1. The van der Waals surface area contributed by atoms with Crippen LogP contribution in [0.3, 0.4) is 0 Å². The molecule has 0 saturated heterocycles. The molecule has 0 saturated carbocycles. The quantitative estimate of drug-likeness (QED) is 0.689. The minimum Gasteiger partial charge on any atom is -0.274 e. The molecule has 1 aliphatic heterocycles. The lowest BCUT2D eigenvalue weighted by Crippen LogP contribution is -2.32. The van der Waals surface area contributed by atoms with Gasteiger partial charge in [-0.1, -0.05) is 31.2 Å². The van der Waals surface area contributed by atoms with Gasteiger partial charge < -0.3 is 0 Å². The first-order valence-corrected chi connectivity index (χ1v) is 8.38. The van der Waals surface area contributed by atoms with E-state index in [4.69, 9.17) is 0 Å². The van der Waals surface area contributed by atoms with E-state index in [0.717, 1.165) is 16.6 Å². The first-order chi connectivity index (χ1) is 12.2. The third-order valence-corrected chi connectivity index (χ3v) is 4.54. The molecule has 1 aliphatic rings. The van der Waals surface area contributed by atoms with E-state index in [-0.39, 0.29) is 11.8 Å². The van der Waals surface area contributed by atoms with Crippen molar-refractivity contribution < 1.29 is 9.59 Å². The summed E-state index contributed by atoms with van der Waals surface area (Å²) in [6.45, 7) is 2.27. The van der Waals surface area contributed by atoms with Gasteiger partial charge in [0.1, 0.15) is 0 Å². The molecular formula is C20H17N3O2. The number of rotatable bonds is 4. The highest BCUT2D eigenvalue weighted by molar-refractivity contribution is 6.26. The van der Waals surface area contributed by atoms with Gasteiger partial charge in [-0.3, -0.25) is 24.5 Å². The van der Waals surface area contributed by atoms with E-state index in [1.54, 1.807) is 6.20 Å². The van der Waals surface area contributed by atoms with Crippen LogP contribution in [0.15, 0.2) is 48.7 Å². The highest BCUT2D eigenvalue weighted by Crippen LogP contribution is 2.31. The van der Waals surface area contributed by atoms with Crippen LogP contribution in [0.5, 0.6) is 0 Å². The summed E-state index contributed by atoms with van der Waals surface area (Å²) in [6, 6.07) is 13.1. The molecular weight excluding hydrogens is 314 g/mol. The number of amides is 2. The average molecular weight is 331 g/mol. The zero-order valence-electron chi connectivity index (χ0n) is 13.9. The van der Waals surface area contributed by atoms with Crippen LogP contribution in [0.1, 0.15) is 39.0 Å². The predicted molar refractivity (Wildman–Crippen MR) is 94.4 cm³/mol. The largest absolute Gasteiger partial charge is 0.274 e. The van der Waals surface area contributed by atoms with Gasteiger partial charge in [0.15, 0.2) is 0 Å². The molecule has 2 amide bonds. The van der Waals surface area contributed by atoms with E-state index < -0.39 is 0 Å². The number of benzene rings is 1. The van der Waals surface area contributed by atoms with Gasteiger partial charge in [-0.25, -0.2) is 0 Å². The molecule has 0 spiro atoms. The van der Waals surface area contributed by atoms with E-state index in [1.807, 2.05) is 49.4 Å². The smallest absolute Gasteiger partial charge is 0.263 e. The second-order valence-electron chi connectivity index (χ2n) is 6.01. The number of aryl methyl sites for hydroxylation is 1. The Morgan fingerprint density at radius 3 is 2.48 bits per heavy atom. The van der Waals surface area contributed by atoms with E-state index in [2.05, 4.69) is 9.97 Å². The zero-order valence-corrected chi connectivity index (χ0v) is 13.9. The maximum atomic E-state index is 13.0. The third-order valence-electron chi connectivity index (χ3n) is 4.54. The molecule has 0 fully saturated rings. The van der Waals surface area contributed by atoms with Gasteiger partial charge in [0, 0.05) is 30.2 Å². The van der Waals surface area contributed by atoms with Crippen LogP contribution < -0.4 is 0 Å². The molecule has 124 valence electrons. The minimum absolute atomic E-state index is 0.232. The Morgan fingerprint density at radius 2 is 1.72 bits per heavy atom. The molecule has 0 atom stereocenters. The predicted octanol–water partition coefficient (Wildman–Crippen LogP) is 3.03. The van der Waals surface area contributed by atoms with Crippen molar-refractivity contribution in [3.63, 3.8) is 0 Å². The molecule has 0 N–H and O–H groups in total. The van der Waals surface area contributed by atoms with Crippen LogP contribution in [0, 0.1) is 0 Å². The second-order valence-corrected chi connectivity index (χ2v) is 6.01. The first kappa shape index (κ1) is 15.4. The van der Waals surface area contributed by atoms with E-state index >= 15 is 0 Å². The number of hydrogen-bond acceptors (Lipinski definition) is 4. The molecule has 5 nitrogen and oxygen atoms in total. The third kappa shape index (κ3) is 2.48. The number of carbonyl (C=O) groups is 2. The highest BCUT2D eigenvalue weighted by atomic mass is 16.2. The molecule has 0 radical (unpaired) electrons. The maximum Gasteiger partial charge on any atom is 0.263 e. The number of fused-ring (bicyclic) bond motifs is 3. The second kappa shape index (κ2) is 6.09. The van der Waals surface area contributed by atoms with Crippen molar-refractivity contribution in [1.82, 2.24) is 14.9 Å². The monoisotopic (exact) mass is 331 g/mol. The Morgan fingerprint density at radius 1 is 0.960 bits per heavy atom. The normalized spacial score (nSPS) is 13.6. The van der Waals surface area contributed by atoms with Crippen LogP contribution in [0.2, 0.25) is 0 Å². The Balaban J connectivity index is 1.75. The van der Waals surface area contributed by atoms with E-state index in [9.17, 15) is 9.59 Å². The summed E-state index contributed by atoms with van der Waals surface area (Å²) in [5.41, 5.74) is 3.26. The first-order valence-electron chi connectivity index (χ1n) is 8.38. The van der Waals surface area contributed by atoms with Crippen molar-refractivity contribution in [3.05, 3.63) is 71.2 Å². The molecule has 3 heterocycles. The van der Waals surface area contributed by atoms with Gasteiger partial charge in [0.05, 0.1) is 22.3 Å². The number of para-hydroxylation sites is 1. The number of aromatic nitrogens is 2. The van der Waals surface area contributed by atoms with Crippen LogP contribution in [0.25, 0.3) is 10.9 Å². The van der Waals surface area contributed by atoms with Crippen LogP contribution in [-0.4, -0.2) is 33.2 Å². The summed E-state index contributed by atoms with van der Waals surface area (Å²) < 4.78 is 0. The van der Waals surface area contributed by atoms with Gasteiger partial charge >= 0.3 is 0 Å².